The summed E-state index contributed by atoms with van der Waals surface area (Å²) >= 11 is 0. The summed E-state index contributed by atoms with van der Waals surface area (Å²) in [6, 6.07) is 0. The summed E-state index contributed by atoms with van der Waals surface area (Å²) in [6.45, 7) is 2.99. The van der Waals surface area contributed by atoms with Crippen LogP contribution in [0.3, 0.4) is 0 Å². The van der Waals surface area contributed by atoms with Crippen molar-refractivity contribution < 1.29 is 18.1 Å². The molecule has 0 saturated carbocycles. The second-order valence-corrected chi connectivity index (χ2v) is 6.03. The highest BCUT2D eigenvalue weighted by molar-refractivity contribution is 7.85. The van der Waals surface area contributed by atoms with Gasteiger partial charge in [-0.1, -0.05) is 6.92 Å². The van der Waals surface area contributed by atoms with E-state index in [-0.39, 0.29) is 6.61 Å². The highest BCUT2D eigenvalue weighted by atomic mass is 32.2. The first-order chi connectivity index (χ1) is 9.81. The zero-order valence-electron chi connectivity index (χ0n) is 11.8. The molecule has 1 atom stereocenters. The molecule has 0 aliphatic heterocycles. The average molecular weight is 317 g/mol. The summed E-state index contributed by atoms with van der Waals surface area (Å²) in [4.78, 5) is 15.2. The predicted octanol–water partition coefficient (Wildman–Crippen LogP) is 0.287. The fourth-order valence-corrected chi connectivity index (χ4v) is 1.43. The summed E-state index contributed by atoms with van der Waals surface area (Å²) in [7, 11) is -3.67. The Hall–Kier alpha value is -1.78. The van der Waals surface area contributed by atoms with E-state index < -0.39 is 10.1 Å². The Morgan fingerprint density at radius 2 is 2.05 bits per heavy atom. The number of anilines is 1. The van der Waals surface area contributed by atoms with Crippen molar-refractivity contribution in [3.8, 4) is 0 Å². The average Bonchev–Trinajstić information content (AvgIpc) is 2.85. The highest BCUT2D eigenvalue weighted by Gasteiger charge is 2.05. The van der Waals surface area contributed by atoms with Gasteiger partial charge >= 0.3 is 0 Å². The third-order valence-corrected chi connectivity index (χ3v) is 2.46. The van der Waals surface area contributed by atoms with Gasteiger partial charge in [0.25, 0.3) is 10.1 Å². The van der Waals surface area contributed by atoms with Crippen LogP contribution in [0.1, 0.15) is 13.3 Å². The minimum atomic E-state index is -3.67. The molecule has 0 aliphatic carbocycles. The lowest BCUT2D eigenvalue weighted by molar-refractivity contribution is 0.233. The molecular weight excluding hydrogens is 298 g/mol. The van der Waals surface area contributed by atoms with Crippen LogP contribution in [-0.2, 0) is 10.1 Å². The number of hydrogen-bond acceptors (Lipinski definition) is 7. The van der Waals surface area contributed by atoms with E-state index in [0.717, 1.165) is 24.3 Å². The molecule has 0 spiro atoms. The Bertz CT molecular complexity index is 649. The molecule has 21 heavy (non-hydrogen) atoms. The van der Waals surface area contributed by atoms with Crippen LogP contribution in [0.25, 0.3) is 11.2 Å². The molecule has 10 heteroatoms. The fourth-order valence-electron chi connectivity index (χ4n) is 1.43. The predicted molar refractivity (Wildman–Crippen MR) is 78.5 cm³/mol. The van der Waals surface area contributed by atoms with E-state index in [0.29, 0.717) is 17.8 Å². The molecule has 0 radical (unpaired) electrons. The number of nitrogens with zero attached hydrogens (tertiary/aromatic N) is 3. The molecule has 118 valence electrons. The Kier molecular flexibility index (Phi) is 6.46. The van der Waals surface area contributed by atoms with E-state index in [2.05, 4.69) is 25.3 Å². The van der Waals surface area contributed by atoms with Crippen LogP contribution >= 0.6 is 0 Å². The van der Waals surface area contributed by atoms with Crippen LogP contribution in [0.2, 0.25) is 0 Å². The molecular formula is C11H19N5O4S. The maximum atomic E-state index is 9.19. The van der Waals surface area contributed by atoms with Crippen LogP contribution in [0.4, 0.5) is 5.82 Å². The van der Waals surface area contributed by atoms with Crippen molar-refractivity contribution in [2.45, 2.75) is 13.3 Å². The van der Waals surface area contributed by atoms with Crippen molar-refractivity contribution >= 4 is 27.1 Å². The molecule has 1 unspecified atom stereocenters. The summed E-state index contributed by atoms with van der Waals surface area (Å²) in [6.07, 6.45) is 4.70. The van der Waals surface area contributed by atoms with Crippen LogP contribution < -0.4 is 5.32 Å². The third kappa shape index (κ3) is 6.97. The van der Waals surface area contributed by atoms with Crippen molar-refractivity contribution in [2.24, 2.45) is 5.92 Å². The van der Waals surface area contributed by atoms with Gasteiger partial charge < -0.3 is 15.4 Å². The lowest BCUT2D eigenvalue weighted by Gasteiger charge is -2.09. The van der Waals surface area contributed by atoms with Crippen LogP contribution in [0, 0.1) is 5.92 Å². The zero-order chi connectivity index (χ0) is 15.9. The van der Waals surface area contributed by atoms with Crippen molar-refractivity contribution in [3.05, 3.63) is 12.7 Å². The van der Waals surface area contributed by atoms with Crippen molar-refractivity contribution in [1.29, 1.82) is 0 Å². The number of hydrogen-bond donors (Lipinski definition) is 4. The highest BCUT2D eigenvalue weighted by Crippen LogP contribution is 2.14. The maximum absolute atomic E-state index is 9.19. The first-order valence-corrected chi connectivity index (χ1v) is 8.07. The second-order valence-electron chi connectivity index (χ2n) is 4.56. The van der Waals surface area contributed by atoms with Gasteiger partial charge in [0.2, 0.25) is 0 Å². The van der Waals surface area contributed by atoms with Crippen LogP contribution in [0.5, 0.6) is 0 Å². The lowest BCUT2D eigenvalue weighted by atomic mass is 10.1. The SMILES string of the molecule is CC(CO)CCNc1ncnc2nc[nH]c12.CS(=O)(=O)O. The minimum absolute atomic E-state index is 0.213. The van der Waals surface area contributed by atoms with Gasteiger partial charge in [-0.2, -0.15) is 8.42 Å². The van der Waals surface area contributed by atoms with E-state index in [1.807, 2.05) is 6.92 Å². The minimum Gasteiger partial charge on any atom is -0.396 e. The fraction of sp³-hybridized carbons (Fsp3) is 0.545. The van der Waals surface area contributed by atoms with Gasteiger partial charge in [-0.15, -0.1) is 0 Å². The molecule has 2 heterocycles. The Morgan fingerprint density at radius 3 is 2.67 bits per heavy atom. The molecule has 9 nitrogen and oxygen atoms in total. The van der Waals surface area contributed by atoms with Gasteiger partial charge in [-0.25, -0.2) is 15.0 Å². The van der Waals surface area contributed by atoms with E-state index in [1.54, 1.807) is 6.33 Å². The molecule has 0 aliphatic rings. The monoisotopic (exact) mass is 317 g/mol. The Balaban J connectivity index is 0.000000383. The van der Waals surface area contributed by atoms with Gasteiger partial charge in [0.15, 0.2) is 11.5 Å². The molecule has 0 fully saturated rings. The number of aromatic amines is 1. The smallest absolute Gasteiger partial charge is 0.261 e. The van der Waals surface area contributed by atoms with Crippen LogP contribution in [-0.4, -0.2) is 57.4 Å². The molecule has 2 aromatic heterocycles. The second kappa shape index (κ2) is 7.86. The van der Waals surface area contributed by atoms with Gasteiger partial charge in [-0.05, 0) is 12.3 Å². The standard InChI is InChI=1S/C10H15N5O.CH4O3S/c1-7(4-16)2-3-11-9-8-10(13-5-12-8)15-6-14-9;1-5(2,3)4/h5-7,16H,2-4H2,1H3,(H2,11,12,13,14,15);1H3,(H,2,3,4). The number of H-pyrrole nitrogens is 1. The van der Waals surface area contributed by atoms with E-state index >= 15 is 0 Å². The number of aliphatic hydroxyl groups is 1. The number of aliphatic hydroxyl groups excluding tert-OH is 1. The first kappa shape index (κ1) is 17.3. The van der Waals surface area contributed by atoms with E-state index in [1.165, 1.54) is 6.33 Å². The van der Waals surface area contributed by atoms with Gasteiger partial charge in [0.05, 0.1) is 12.6 Å². The van der Waals surface area contributed by atoms with Crippen molar-refractivity contribution in [3.63, 3.8) is 0 Å². The number of rotatable bonds is 5. The van der Waals surface area contributed by atoms with Gasteiger partial charge in [0, 0.05) is 13.2 Å². The maximum Gasteiger partial charge on any atom is 0.261 e. The molecule has 2 rings (SSSR count). The summed E-state index contributed by atoms with van der Waals surface area (Å²) in [5, 5.41) is 12.1. The Morgan fingerprint density at radius 1 is 1.38 bits per heavy atom. The quantitative estimate of drug-likeness (QED) is 0.576. The van der Waals surface area contributed by atoms with Crippen LogP contribution in [0.15, 0.2) is 12.7 Å². The normalized spacial score (nSPS) is 12.6. The number of aromatic nitrogens is 4. The van der Waals surface area contributed by atoms with Crippen molar-refractivity contribution in [2.75, 3.05) is 24.7 Å². The van der Waals surface area contributed by atoms with Gasteiger partial charge in [0.1, 0.15) is 11.8 Å². The van der Waals surface area contributed by atoms with Crippen molar-refractivity contribution in [1.82, 2.24) is 19.9 Å². The Labute approximate surface area is 122 Å². The number of fused-ring (bicyclic) bond motifs is 1. The van der Waals surface area contributed by atoms with Gasteiger partial charge in [-0.3, -0.25) is 4.55 Å². The van der Waals surface area contributed by atoms with E-state index in [9.17, 15) is 8.42 Å². The zero-order valence-corrected chi connectivity index (χ0v) is 12.6. The summed E-state index contributed by atoms with van der Waals surface area (Å²) in [5.74, 6) is 1.05. The molecule has 0 amide bonds. The summed E-state index contributed by atoms with van der Waals surface area (Å²) < 4.78 is 25.9. The topological polar surface area (TPSA) is 141 Å². The largest absolute Gasteiger partial charge is 0.396 e. The molecule has 0 saturated heterocycles. The number of nitrogens with one attached hydrogen (secondary N) is 2. The first-order valence-electron chi connectivity index (χ1n) is 6.22. The number of imidazole rings is 1. The molecule has 4 N–H and O–H groups in total. The van der Waals surface area contributed by atoms with E-state index in [4.69, 9.17) is 9.66 Å². The lowest BCUT2D eigenvalue weighted by Crippen LogP contribution is -2.10. The molecule has 0 bridgehead atoms. The third-order valence-electron chi connectivity index (χ3n) is 2.46. The summed E-state index contributed by atoms with van der Waals surface area (Å²) in [5.41, 5.74) is 1.48. The molecule has 2 aromatic rings. The molecule has 0 aromatic carbocycles.